The topological polar surface area (TPSA) is 43.1 Å². The summed E-state index contributed by atoms with van der Waals surface area (Å²) in [6.07, 6.45) is 2.38. The van der Waals surface area contributed by atoms with Gasteiger partial charge in [0, 0.05) is 0 Å². The van der Waals surface area contributed by atoms with Crippen LogP contribution in [0.2, 0.25) is 0 Å². The maximum absolute atomic E-state index is 13.1. The summed E-state index contributed by atoms with van der Waals surface area (Å²) in [6.45, 7) is 0. The summed E-state index contributed by atoms with van der Waals surface area (Å²) in [5.41, 5.74) is 1.99. The van der Waals surface area contributed by atoms with Crippen molar-refractivity contribution in [2.24, 2.45) is 5.73 Å². The third-order valence-corrected chi connectivity index (χ3v) is 1.51. The van der Waals surface area contributed by atoms with Crippen molar-refractivity contribution in [3.8, 4) is 0 Å². The van der Waals surface area contributed by atoms with Gasteiger partial charge >= 0.3 is 0 Å². The number of hydrogen-bond acceptors (Lipinski definition) is 1. The Morgan fingerprint density at radius 3 is 2.55 bits per heavy atom. The number of nitrogens with two attached hydrogens (primary N) is 1. The van der Waals surface area contributed by atoms with Crippen LogP contribution in [0.4, 0.5) is 8.78 Å². The zero-order valence-corrected chi connectivity index (χ0v) is 5.63. The van der Waals surface area contributed by atoms with Crippen LogP contribution in [-0.4, -0.2) is 17.7 Å². The minimum atomic E-state index is -2.66. The van der Waals surface area contributed by atoms with Gasteiger partial charge in [-0.25, -0.2) is 8.78 Å². The van der Waals surface area contributed by atoms with Gasteiger partial charge in [0.2, 0.25) is 5.67 Å². The molecule has 2 nitrogen and oxygen atoms in total. The van der Waals surface area contributed by atoms with E-state index in [1.54, 1.807) is 0 Å². The van der Waals surface area contributed by atoms with Gasteiger partial charge in [-0.15, -0.1) is 0 Å². The first kappa shape index (κ1) is 7.91. The number of alkyl halides is 2. The molecule has 0 spiro atoms. The van der Waals surface area contributed by atoms with Gasteiger partial charge in [-0.05, 0) is 12.2 Å². The van der Waals surface area contributed by atoms with Crippen molar-refractivity contribution in [1.29, 1.82) is 0 Å². The molecule has 0 heterocycles. The Morgan fingerprint density at radius 1 is 1.55 bits per heavy atom. The predicted octanol–water partition coefficient (Wildman–Crippen LogP) is 0.644. The lowest BCUT2D eigenvalue weighted by molar-refractivity contribution is -0.129. The average molecular weight is 159 g/mol. The number of amides is 1. The Balaban J connectivity index is 2.94. The van der Waals surface area contributed by atoms with E-state index >= 15 is 0 Å². The van der Waals surface area contributed by atoms with Crippen molar-refractivity contribution in [1.82, 2.24) is 0 Å². The molecule has 0 aromatic heterocycles. The van der Waals surface area contributed by atoms with Gasteiger partial charge in [0.1, 0.15) is 0 Å². The molecule has 0 saturated heterocycles. The molecule has 1 aliphatic carbocycles. The molecule has 2 atom stereocenters. The fraction of sp³-hybridized carbons (Fsp3) is 0.286. The fourth-order valence-electron chi connectivity index (χ4n) is 0.807. The molecule has 0 fully saturated rings. The van der Waals surface area contributed by atoms with Crippen molar-refractivity contribution in [2.75, 3.05) is 0 Å². The van der Waals surface area contributed by atoms with Crippen LogP contribution in [-0.2, 0) is 4.79 Å². The monoisotopic (exact) mass is 159 g/mol. The standard InChI is InChI=1S/C7H7F2NO/c8-5-3-1-2-4-7(5,9)6(10)11/h1-5H,(H2,10,11). The molecule has 4 heteroatoms. The van der Waals surface area contributed by atoms with E-state index in [1.165, 1.54) is 12.2 Å². The molecule has 1 rings (SSSR count). The van der Waals surface area contributed by atoms with Crippen LogP contribution in [0.5, 0.6) is 0 Å². The van der Waals surface area contributed by atoms with Gasteiger partial charge in [-0.1, -0.05) is 12.2 Å². The summed E-state index contributed by atoms with van der Waals surface area (Å²) in [5, 5.41) is 0. The third kappa shape index (κ3) is 1.15. The highest BCUT2D eigenvalue weighted by Crippen LogP contribution is 2.25. The van der Waals surface area contributed by atoms with Gasteiger partial charge in [0.05, 0.1) is 0 Å². The van der Waals surface area contributed by atoms with Crippen LogP contribution in [0, 0.1) is 0 Å². The Labute approximate surface area is 62.4 Å². The lowest BCUT2D eigenvalue weighted by Gasteiger charge is -2.21. The van der Waals surface area contributed by atoms with Crippen molar-refractivity contribution in [3.63, 3.8) is 0 Å². The molecule has 2 unspecified atom stereocenters. The summed E-state index contributed by atoms with van der Waals surface area (Å²) in [4.78, 5) is 10.4. The number of hydrogen-bond donors (Lipinski definition) is 1. The second kappa shape index (κ2) is 2.45. The van der Waals surface area contributed by atoms with Gasteiger partial charge in [-0.3, -0.25) is 4.79 Å². The van der Waals surface area contributed by atoms with Crippen LogP contribution in [0.1, 0.15) is 0 Å². The zero-order chi connectivity index (χ0) is 8.48. The molecular weight excluding hydrogens is 152 g/mol. The second-order valence-corrected chi connectivity index (χ2v) is 2.28. The average Bonchev–Trinajstić information content (AvgIpc) is 1.95. The fourth-order valence-corrected chi connectivity index (χ4v) is 0.807. The van der Waals surface area contributed by atoms with Gasteiger partial charge in [-0.2, -0.15) is 0 Å². The highest BCUT2D eigenvalue weighted by Gasteiger charge is 2.42. The summed E-state index contributed by atoms with van der Waals surface area (Å²) < 4.78 is 25.8. The Hall–Kier alpha value is -1.19. The third-order valence-electron chi connectivity index (χ3n) is 1.51. The largest absolute Gasteiger partial charge is 0.366 e. The number of carbonyl (C=O) groups excluding carboxylic acids is 1. The predicted molar refractivity (Wildman–Crippen MR) is 36.2 cm³/mol. The van der Waals surface area contributed by atoms with E-state index in [9.17, 15) is 13.6 Å². The second-order valence-electron chi connectivity index (χ2n) is 2.28. The Kier molecular flexibility index (Phi) is 1.76. The molecule has 2 N–H and O–H groups in total. The lowest BCUT2D eigenvalue weighted by Crippen LogP contribution is -2.46. The van der Waals surface area contributed by atoms with Crippen LogP contribution in [0.15, 0.2) is 24.3 Å². The first-order valence-corrected chi connectivity index (χ1v) is 3.06. The molecule has 60 valence electrons. The van der Waals surface area contributed by atoms with Crippen LogP contribution in [0.25, 0.3) is 0 Å². The quantitative estimate of drug-likeness (QED) is 0.599. The number of halogens is 2. The normalized spacial score (nSPS) is 35.6. The van der Waals surface area contributed by atoms with Crippen LogP contribution < -0.4 is 5.73 Å². The molecule has 0 aliphatic heterocycles. The van der Waals surface area contributed by atoms with E-state index < -0.39 is 17.7 Å². The number of rotatable bonds is 1. The van der Waals surface area contributed by atoms with Crippen LogP contribution in [0.3, 0.4) is 0 Å². The highest BCUT2D eigenvalue weighted by molar-refractivity contribution is 5.87. The van der Waals surface area contributed by atoms with Gasteiger partial charge in [0.15, 0.2) is 6.17 Å². The number of allylic oxidation sites excluding steroid dienone is 3. The molecule has 0 radical (unpaired) electrons. The van der Waals surface area contributed by atoms with Gasteiger partial charge in [0.25, 0.3) is 5.91 Å². The highest BCUT2D eigenvalue weighted by atomic mass is 19.2. The summed E-state index contributed by atoms with van der Waals surface area (Å²) in [6, 6.07) is 0. The van der Waals surface area contributed by atoms with Crippen molar-refractivity contribution < 1.29 is 13.6 Å². The van der Waals surface area contributed by atoms with E-state index in [0.29, 0.717) is 0 Å². The van der Waals surface area contributed by atoms with E-state index in [4.69, 9.17) is 0 Å². The smallest absolute Gasteiger partial charge is 0.262 e. The minimum absolute atomic E-state index is 0.819. The minimum Gasteiger partial charge on any atom is -0.366 e. The molecule has 0 aromatic rings. The molecular formula is C7H7F2NO. The molecule has 1 aliphatic rings. The SMILES string of the molecule is NC(=O)C1(F)C=CC=CC1F. The number of primary amides is 1. The Bertz CT molecular complexity index is 237. The summed E-state index contributed by atoms with van der Waals surface area (Å²) in [5.74, 6) is -1.30. The molecule has 0 bridgehead atoms. The lowest BCUT2D eigenvalue weighted by atomic mass is 9.95. The van der Waals surface area contributed by atoms with E-state index in [-0.39, 0.29) is 0 Å². The first-order valence-electron chi connectivity index (χ1n) is 3.06. The van der Waals surface area contributed by atoms with Crippen molar-refractivity contribution >= 4 is 5.91 Å². The zero-order valence-electron chi connectivity index (χ0n) is 5.63. The molecule has 0 aromatic carbocycles. The van der Waals surface area contributed by atoms with E-state index in [2.05, 4.69) is 5.73 Å². The van der Waals surface area contributed by atoms with Crippen molar-refractivity contribution in [2.45, 2.75) is 11.8 Å². The molecule has 11 heavy (non-hydrogen) atoms. The molecule has 1 amide bonds. The van der Waals surface area contributed by atoms with Gasteiger partial charge < -0.3 is 5.73 Å². The van der Waals surface area contributed by atoms with E-state index in [0.717, 1.165) is 12.2 Å². The maximum Gasteiger partial charge on any atom is 0.262 e. The Morgan fingerprint density at radius 2 is 2.18 bits per heavy atom. The van der Waals surface area contributed by atoms with Crippen molar-refractivity contribution in [3.05, 3.63) is 24.3 Å². The first-order chi connectivity index (χ1) is 5.07. The summed E-state index contributed by atoms with van der Waals surface area (Å²) in [7, 11) is 0. The summed E-state index contributed by atoms with van der Waals surface area (Å²) >= 11 is 0. The maximum atomic E-state index is 13.1. The number of carbonyl (C=O) groups is 1. The van der Waals surface area contributed by atoms with Crippen LogP contribution >= 0.6 is 0 Å². The van der Waals surface area contributed by atoms with E-state index in [1.807, 2.05) is 0 Å². The molecule has 0 saturated carbocycles.